The normalized spacial score (nSPS) is 13.4. The topological polar surface area (TPSA) is 84.3 Å². The molecular formula is C17H16FN3O3. The van der Waals surface area contributed by atoms with Crippen molar-refractivity contribution < 1.29 is 14.1 Å². The number of halogens is 1. The van der Waals surface area contributed by atoms with E-state index in [9.17, 15) is 19.3 Å². The Balaban J connectivity index is 1.74. The SMILES string of the molecule is O=C(Cc1ccccc1[N+](=O)[O-])Nc1ccc(F)cc1NC1CC1. The maximum atomic E-state index is 13.4. The summed E-state index contributed by atoms with van der Waals surface area (Å²) in [4.78, 5) is 22.7. The van der Waals surface area contributed by atoms with Gasteiger partial charge in [-0.15, -0.1) is 0 Å². The average Bonchev–Trinajstić information content (AvgIpc) is 3.34. The summed E-state index contributed by atoms with van der Waals surface area (Å²) in [5.74, 6) is -0.787. The van der Waals surface area contributed by atoms with Gasteiger partial charge in [-0.25, -0.2) is 4.39 Å². The van der Waals surface area contributed by atoms with Gasteiger partial charge in [-0.1, -0.05) is 18.2 Å². The molecule has 2 N–H and O–H groups in total. The second-order valence-corrected chi connectivity index (χ2v) is 5.72. The smallest absolute Gasteiger partial charge is 0.273 e. The summed E-state index contributed by atoms with van der Waals surface area (Å²) in [6.45, 7) is 0. The second-order valence-electron chi connectivity index (χ2n) is 5.72. The van der Waals surface area contributed by atoms with Gasteiger partial charge in [-0.05, 0) is 31.0 Å². The van der Waals surface area contributed by atoms with Crippen molar-refractivity contribution in [1.29, 1.82) is 0 Å². The molecule has 2 aromatic rings. The van der Waals surface area contributed by atoms with Gasteiger partial charge in [-0.3, -0.25) is 14.9 Å². The molecule has 6 nitrogen and oxygen atoms in total. The third kappa shape index (κ3) is 3.87. The number of nitrogens with zero attached hydrogens (tertiary/aromatic N) is 1. The maximum Gasteiger partial charge on any atom is 0.273 e. The maximum absolute atomic E-state index is 13.4. The Labute approximate surface area is 137 Å². The fraction of sp³-hybridized carbons (Fsp3) is 0.235. The number of para-hydroxylation sites is 1. The Morgan fingerprint density at radius 1 is 1.21 bits per heavy atom. The predicted molar refractivity (Wildman–Crippen MR) is 88.5 cm³/mol. The Kier molecular flexibility index (Phi) is 4.41. The molecule has 3 rings (SSSR count). The number of benzene rings is 2. The van der Waals surface area contributed by atoms with Crippen LogP contribution in [0.4, 0.5) is 21.5 Å². The molecule has 0 aliphatic heterocycles. The molecule has 0 spiro atoms. The summed E-state index contributed by atoms with van der Waals surface area (Å²) in [5.41, 5.74) is 1.22. The van der Waals surface area contributed by atoms with Gasteiger partial charge in [0, 0.05) is 17.7 Å². The molecule has 1 amide bonds. The summed E-state index contributed by atoms with van der Waals surface area (Å²) in [6.07, 6.45) is 1.90. The number of amides is 1. The van der Waals surface area contributed by atoms with E-state index in [1.807, 2.05) is 0 Å². The monoisotopic (exact) mass is 329 g/mol. The van der Waals surface area contributed by atoms with Crippen LogP contribution in [-0.2, 0) is 11.2 Å². The Morgan fingerprint density at radius 2 is 1.96 bits per heavy atom. The lowest BCUT2D eigenvalue weighted by Gasteiger charge is -2.13. The molecule has 0 heterocycles. The fourth-order valence-corrected chi connectivity index (χ4v) is 2.40. The van der Waals surface area contributed by atoms with Crippen LogP contribution in [0.1, 0.15) is 18.4 Å². The van der Waals surface area contributed by atoms with Crippen LogP contribution >= 0.6 is 0 Å². The summed E-state index contributed by atoms with van der Waals surface area (Å²) in [5, 5.41) is 16.9. The van der Waals surface area contributed by atoms with Gasteiger partial charge in [0.15, 0.2) is 0 Å². The van der Waals surface area contributed by atoms with Crippen molar-refractivity contribution >= 4 is 23.0 Å². The largest absolute Gasteiger partial charge is 0.381 e. The van der Waals surface area contributed by atoms with Crippen LogP contribution in [0.5, 0.6) is 0 Å². The van der Waals surface area contributed by atoms with E-state index in [-0.39, 0.29) is 12.1 Å². The third-order valence-electron chi connectivity index (χ3n) is 3.73. The average molecular weight is 329 g/mol. The van der Waals surface area contributed by atoms with E-state index in [4.69, 9.17) is 0 Å². The molecule has 0 saturated heterocycles. The molecule has 124 valence electrons. The second kappa shape index (κ2) is 6.66. The van der Waals surface area contributed by atoms with E-state index < -0.39 is 16.6 Å². The fourth-order valence-electron chi connectivity index (χ4n) is 2.40. The number of nitro benzene ring substituents is 1. The highest BCUT2D eigenvalue weighted by Gasteiger charge is 2.23. The highest BCUT2D eigenvalue weighted by atomic mass is 19.1. The lowest BCUT2D eigenvalue weighted by Crippen LogP contribution is -2.17. The molecule has 0 radical (unpaired) electrons. The molecule has 0 aromatic heterocycles. The zero-order valence-corrected chi connectivity index (χ0v) is 12.8. The van der Waals surface area contributed by atoms with Gasteiger partial charge in [0.2, 0.25) is 5.91 Å². The summed E-state index contributed by atoms with van der Waals surface area (Å²) >= 11 is 0. The standard InChI is InChI=1S/C17H16FN3O3/c18-12-5-8-14(15(10-12)19-13-6-7-13)20-17(22)9-11-3-1-2-4-16(11)21(23)24/h1-5,8,10,13,19H,6-7,9H2,(H,20,22). The van der Waals surface area contributed by atoms with Gasteiger partial charge in [0.05, 0.1) is 22.7 Å². The molecule has 7 heteroatoms. The quantitative estimate of drug-likeness (QED) is 0.627. The Morgan fingerprint density at radius 3 is 2.67 bits per heavy atom. The number of carbonyl (C=O) groups excluding carboxylic acids is 1. The summed E-state index contributed by atoms with van der Waals surface area (Å²) in [7, 11) is 0. The number of hydrogen-bond donors (Lipinski definition) is 2. The first-order chi connectivity index (χ1) is 11.5. The number of nitrogens with one attached hydrogen (secondary N) is 2. The van der Waals surface area contributed by atoms with E-state index in [0.717, 1.165) is 12.8 Å². The van der Waals surface area contributed by atoms with Crippen LogP contribution < -0.4 is 10.6 Å². The molecule has 1 aliphatic carbocycles. The van der Waals surface area contributed by atoms with E-state index in [2.05, 4.69) is 10.6 Å². The summed E-state index contributed by atoms with van der Waals surface area (Å²) < 4.78 is 13.4. The van der Waals surface area contributed by atoms with Crippen molar-refractivity contribution in [3.05, 3.63) is 64.0 Å². The lowest BCUT2D eigenvalue weighted by atomic mass is 10.1. The van der Waals surface area contributed by atoms with Crippen molar-refractivity contribution in [3.63, 3.8) is 0 Å². The lowest BCUT2D eigenvalue weighted by molar-refractivity contribution is -0.385. The van der Waals surface area contributed by atoms with Crippen molar-refractivity contribution in [3.8, 4) is 0 Å². The molecule has 0 bridgehead atoms. The molecule has 2 aromatic carbocycles. The van der Waals surface area contributed by atoms with E-state index in [1.165, 1.54) is 24.3 Å². The molecule has 0 atom stereocenters. The van der Waals surface area contributed by atoms with E-state index >= 15 is 0 Å². The first kappa shape index (κ1) is 15.9. The van der Waals surface area contributed by atoms with Gasteiger partial charge >= 0.3 is 0 Å². The Bertz CT molecular complexity index is 790. The third-order valence-corrected chi connectivity index (χ3v) is 3.73. The highest BCUT2D eigenvalue weighted by molar-refractivity contribution is 5.95. The van der Waals surface area contributed by atoms with E-state index in [0.29, 0.717) is 23.0 Å². The van der Waals surface area contributed by atoms with Gasteiger partial charge in [0.25, 0.3) is 5.69 Å². The van der Waals surface area contributed by atoms with Gasteiger partial charge < -0.3 is 10.6 Å². The molecule has 1 aliphatic rings. The molecule has 24 heavy (non-hydrogen) atoms. The molecule has 0 unspecified atom stereocenters. The first-order valence-electron chi connectivity index (χ1n) is 7.61. The van der Waals surface area contributed by atoms with Crippen LogP contribution in [-0.4, -0.2) is 16.9 Å². The number of rotatable bonds is 6. The Hall–Kier alpha value is -2.96. The molecular weight excluding hydrogens is 313 g/mol. The van der Waals surface area contributed by atoms with E-state index in [1.54, 1.807) is 18.2 Å². The van der Waals surface area contributed by atoms with Crippen LogP contribution in [0, 0.1) is 15.9 Å². The zero-order chi connectivity index (χ0) is 17.1. The number of nitro groups is 1. The van der Waals surface area contributed by atoms with Crippen LogP contribution in [0.3, 0.4) is 0 Å². The number of anilines is 2. The minimum absolute atomic E-state index is 0.0944. The number of hydrogen-bond acceptors (Lipinski definition) is 4. The molecule has 1 fully saturated rings. The molecule has 1 saturated carbocycles. The predicted octanol–water partition coefficient (Wildman–Crippen LogP) is 3.49. The van der Waals surface area contributed by atoms with Crippen LogP contribution in [0.25, 0.3) is 0 Å². The number of carbonyl (C=O) groups is 1. The highest BCUT2D eigenvalue weighted by Crippen LogP contribution is 2.30. The van der Waals surface area contributed by atoms with Crippen molar-refractivity contribution in [1.82, 2.24) is 0 Å². The van der Waals surface area contributed by atoms with Gasteiger partial charge in [-0.2, -0.15) is 0 Å². The van der Waals surface area contributed by atoms with Crippen molar-refractivity contribution in [2.75, 3.05) is 10.6 Å². The first-order valence-corrected chi connectivity index (χ1v) is 7.61. The van der Waals surface area contributed by atoms with Crippen molar-refractivity contribution in [2.45, 2.75) is 25.3 Å². The van der Waals surface area contributed by atoms with Crippen LogP contribution in [0.15, 0.2) is 42.5 Å². The minimum atomic E-state index is -0.513. The van der Waals surface area contributed by atoms with Crippen LogP contribution in [0.2, 0.25) is 0 Å². The van der Waals surface area contributed by atoms with Gasteiger partial charge in [0.1, 0.15) is 5.82 Å². The summed E-state index contributed by atoms with van der Waals surface area (Å²) in [6, 6.07) is 10.5. The minimum Gasteiger partial charge on any atom is -0.381 e. The zero-order valence-electron chi connectivity index (χ0n) is 12.8. The van der Waals surface area contributed by atoms with Crippen molar-refractivity contribution in [2.24, 2.45) is 0 Å².